The van der Waals surface area contributed by atoms with Crippen LogP contribution in [0.25, 0.3) is 0 Å². The van der Waals surface area contributed by atoms with Crippen LogP contribution in [0, 0.1) is 5.82 Å². The maximum Gasteiger partial charge on any atom is 0.234 e. The number of anilines is 2. The van der Waals surface area contributed by atoms with E-state index in [0.717, 1.165) is 5.69 Å². The third-order valence-corrected chi connectivity index (χ3v) is 5.25. The summed E-state index contributed by atoms with van der Waals surface area (Å²) in [6.45, 7) is 0.420. The molecule has 30 heavy (non-hydrogen) atoms. The number of rotatable bonds is 9. The molecule has 2 aromatic carbocycles. The highest BCUT2D eigenvalue weighted by Gasteiger charge is 2.13. The second-order valence-corrected chi connectivity index (χ2v) is 7.16. The lowest BCUT2D eigenvalue weighted by Gasteiger charge is -2.11. The van der Waals surface area contributed by atoms with Gasteiger partial charge in [-0.3, -0.25) is 4.79 Å². The van der Waals surface area contributed by atoms with E-state index in [1.807, 2.05) is 7.05 Å². The number of ether oxygens (including phenoxy) is 2. The van der Waals surface area contributed by atoms with Gasteiger partial charge in [0.25, 0.3) is 0 Å². The van der Waals surface area contributed by atoms with E-state index >= 15 is 0 Å². The Bertz CT molecular complexity index is 1010. The van der Waals surface area contributed by atoms with Gasteiger partial charge in [0.1, 0.15) is 17.3 Å². The van der Waals surface area contributed by atoms with Gasteiger partial charge < -0.3 is 24.7 Å². The van der Waals surface area contributed by atoms with Crippen LogP contribution in [0.2, 0.25) is 0 Å². The fourth-order valence-corrected chi connectivity index (χ4v) is 3.33. The number of methoxy groups -OCH3 is 2. The van der Waals surface area contributed by atoms with Crippen molar-refractivity contribution in [2.45, 2.75) is 11.7 Å². The van der Waals surface area contributed by atoms with E-state index in [4.69, 9.17) is 9.47 Å². The molecule has 0 bridgehead atoms. The fraction of sp³-hybridized carbons (Fsp3) is 0.250. The number of nitrogens with zero attached hydrogens (tertiary/aromatic N) is 3. The van der Waals surface area contributed by atoms with Gasteiger partial charge in [0.05, 0.1) is 32.2 Å². The Morgan fingerprint density at radius 2 is 1.90 bits per heavy atom. The highest BCUT2D eigenvalue weighted by atomic mass is 32.2. The van der Waals surface area contributed by atoms with Gasteiger partial charge in [-0.05, 0) is 36.4 Å². The fourth-order valence-electron chi connectivity index (χ4n) is 2.60. The molecule has 3 aromatic rings. The summed E-state index contributed by atoms with van der Waals surface area (Å²) in [5, 5.41) is 14.9. The summed E-state index contributed by atoms with van der Waals surface area (Å²) in [5.41, 5.74) is 1.31. The largest absolute Gasteiger partial charge is 0.497 e. The van der Waals surface area contributed by atoms with Crippen LogP contribution >= 0.6 is 11.8 Å². The standard InChI is InChI=1S/C20H22FN5O3S/c1-26-18(11-22-14-6-4-13(21)5-7-14)24-25-20(26)30-12-19(27)23-16-10-15(28-2)8-9-17(16)29-3/h4-10,22H,11-12H2,1-3H3,(H,23,27). The maximum atomic E-state index is 13.0. The normalized spacial score (nSPS) is 10.5. The third-order valence-electron chi connectivity index (χ3n) is 4.23. The Balaban J connectivity index is 1.56. The molecule has 0 aliphatic heterocycles. The molecule has 0 unspecified atom stereocenters. The summed E-state index contributed by atoms with van der Waals surface area (Å²) in [5.74, 6) is 1.50. The number of nitrogens with one attached hydrogen (secondary N) is 2. The summed E-state index contributed by atoms with van der Waals surface area (Å²) < 4.78 is 25.2. The molecule has 0 spiro atoms. The number of halogens is 1. The zero-order valence-electron chi connectivity index (χ0n) is 16.8. The molecule has 3 rings (SSSR count). The predicted molar refractivity (Wildman–Crippen MR) is 114 cm³/mol. The molecule has 0 saturated heterocycles. The van der Waals surface area contributed by atoms with Gasteiger partial charge in [-0.1, -0.05) is 11.8 Å². The number of carbonyl (C=O) groups is 1. The third kappa shape index (κ3) is 5.41. The molecule has 0 atom stereocenters. The van der Waals surface area contributed by atoms with E-state index < -0.39 is 0 Å². The van der Waals surface area contributed by atoms with Crippen molar-refractivity contribution >= 4 is 29.0 Å². The quantitative estimate of drug-likeness (QED) is 0.502. The Labute approximate surface area is 177 Å². The molecule has 158 valence electrons. The summed E-state index contributed by atoms with van der Waals surface area (Å²) in [7, 11) is 4.92. The second kappa shape index (κ2) is 9.97. The van der Waals surface area contributed by atoms with E-state index in [2.05, 4.69) is 20.8 Å². The van der Waals surface area contributed by atoms with Crippen molar-refractivity contribution in [3.05, 3.63) is 54.1 Å². The molecule has 8 nitrogen and oxygen atoms in total. The maximum absolute atomic E-state index is 13.0. The Morgan fingerprint density at radius 3 is 2.60 bits per heavy atom. The van der Waals surface area contributed by atoms with Gasteiger partial charge in [0.15, 0.2) is 11.0 Å². The van der Waals surface area contributed by atoms with Crippen LogP contribution in [-0.2, 0) is 18.4 Å². The Hall–Kier alpha value is -3.27. The smallest absolute Gasteiger partial charge is 0.234 e. The van der Waals surface area contributed by atoms with Crippen molar-refractivity contribution in [3.63, 3.8) is 0 Å². The van der Waals surface area contributed by atoms with Crippen LogP contribution in [0.4, 0.5) is 15.8 Å². The molecule has 1 heterocycles. The van der Waals surface area contributed by atoms with Crippen LogP contribution < -0.4 is 20.1 Å². The van der Waals surface area contributed by atoms with Crippen LogP contribution in [0.15, 0.2) is 47.6 Å². The minimum absolute atomic E-state index is 0.151. The van der Waals surface area contributed by atoms with E-state index in [-0.39, 0.29) is 17.5 Å². The lowest BCUT2D eigenvalue weighted by Crippen LogP contribution is -2.15. The first kappa shape index (κ1) is 21.4. The van der Waals surface area contributed by atoms with Crippen molar-refractivity contribution in [2.24, 2.45) is 7.05 Å². The average Bonchev–Trinajstić information content (AvgIpc) is 3.11. The number of carbonyl (C=O) groups excluding carboxylic acids is 1. The molecule has 0 aliphatic rings. The first-order chi connectivity index (χ1) is 14.5. The van der Waals surface area contributed by atoms with Crippen molar-refractivity contribution in [1.82, 2.24) is 14.8 Å². The number of aromatic nitrogens is 3. The van der Waals surface area contributed by atoms with E-state index in [1.54, 1.807) is 42.0 Å². The first-order valence-electron chi connectivity index (χ1n) is 9.02. The van der Waals surface area contributed by atoms with E-state index in [0.29, 0.717) is 34.7 Å². The zero-order valence-corrected chi connectivity index (χ0v) is 17.6. The summed E-state index contributed by atoms with van der Waals surface area (Å²) in [6, 6.07) is 11.3. The molecule has 0 saturated carbocycles. The van der Waals surface area contributed by atoms with Crippen molar-refractivity contribution in [1.29, 1.82) is 0 Å². The van der Waals surface area contributed by atoms with Gasteiger partial charge in [0, 0.05) is 18.8 Å². The lowest BCUT2D eigenvalue weighted by atomic mass is 10.2. The van der Waals surface area contributed by atoms with Crippen LogP contribution in [-0.4, -0.2) is 40.6 Å². The van der Waals surface area contributed by atoms with Gasteiger partial charge >= 0.3 is 0 Å². The summed E-state index contributed by atoms with van der Waals surface area (Å²) >= 11 is 1.27. The van der Waals surface area contributed by atoms with Crippen molar-refractivity contribution in [2.75, 3.05) is 30.6 Å². The van der Waals surface area contributed by atoms with Gasteiger partial charge in [-0.2, -0.15) is 0 Å². The first-order valence-corrected chi connectivity index (χ1v) is 10.0. The molecular formula is C20H22FN5O3S. The zero-order chi connectivity index (χ0) is 21.5. The molecule has 10 heteroatoms. The molecule has 2 N–H and O–H groups in total. The van der Waals surface area contributed by atoms with Crippen LogP contribution in [0.3, 0.4) is 0 Å². The monoisotopic (exact) mass is 431 g/mol. The summed E-state index contributed by atoms with van der Waals surface area (Å²) in [4.78, 5) is 12.4. The number of benzene rings is 2. The minimum Gasteiger partial charge on any atom is -0.497 e. The highest BCUT2D eigenvalue weighted by molar-refractivity contribution is 7.99. The Kier molecular flexibility index (Phi) is 7.12. The molecule has 0 radical (unpaired) electrons. The van der Waals surface area contributed by atoms with Crippen molar-refractivity contribution < 1.29 is 18.7 Å². The lowest BCUT2D eigenvalue weighted by molar-refractivity contribution is -0.113. The second-order valence-electron chi connectivity index (χ2n) is 6.22. The van der Waals surface area contributed by atoms with Gasteiger partial charge in [-0.25, -0.2) is 4.39 Å². The number of hydrogen-bond donors (Lipinski definition) is 2. The number of thioether (sulfide) groups is 1. The van der Waals surface area contributed by atoms with Crippen LogP contribution in [0.1, 0.15) is 5.82 Å². The number of hydrogen-bond acceptors (Lipinski definition) is 7. The van der Waals surface area contributed by atoms with Crippen LogP contribution in [0.5, 0.6) is 11.5 Å². The molecule has 0 fully saturated rings. The highest BCUT2D eigenvalue weighted by Crippen LogP contribution is 2.29. The summed E-state index contributed by atoms with van der Waals surface area (Å²) in [6.07, 6.45) is 0. The number of amides is 1. The Morgan fingerprint density at radius 1 is 1.13 bits per heavy atom. The predicted octanol–water partition coefficient (Wildman–Crippen LogP) is 3.31. The average molecular weight is 431 g/mol. The van der Waals surface area contributed by atoms with E-state index in [9.17, 15) is 9.18 Å². The molecule has 0 aliphatic carbocycles. The van der Waals surface area contributed by atoms with E-state index in [1.165, 1.54) is 31.0 Å². The van der Waals surface area contributed by atoms with Crippen molar-refractivity contribution in [3.8, 4) is 11.5 Å². The minimum atomic E-state index is -0.289. The molecular weight excluding hydrogens is 409 g/mol. The van der Waals surface area contributed by atoms with Gasteiger partial charge in [0.2, 0.25) is 5.91 Å². The SMILES string of the molecule is COc1ccc(OC)c(NC(=O)CSc2nnc(CNc3ccc(F)cc3)n2C)c1. The topological polar surface area (TPSA) is 90.3 Å². The molecule has 1 aromatic heterocycles. The molecule has 1 amide bonds. The van der Waals surface area contributed by atoms with Gasteiger partial charge in [-0.15, -0.1) is 10.2 Å².